The van der Waals surface area contributed by atoms with E-state index in [2.05, 4.69) is 31.2 Å². The maximum absolute atomic E-state index is 5.20. The average Bonchev–Trinajstić information content (AvgIpc) is 2.56. The van der Waals surface area contributed by atoms with Crippen LogP contribution in [0, 0.1) is 0 Å². The summed E-state index contributed by atoms with van der Waals surface area (Å²) in [5.74, 6) is 0.992. The Bertz CT molecular complexity index is 219. The second-order valence-electron chi connectivity index (χ2n) is 3.52. The molecule has 0 amide bonds. The van der Waals surface area contributed by atoms with Crippen molar-refractivity contribution in [3.8, 4) is 0 Å². The van der Waals surface area contributed by atoms with Crippen molar-refractivity contribution < 1.29 is 4.42 Å². The molecule has 0 saturated carbocycles. The van der Waals surface area contributed by atoms with Crippen LogP contribution in [-0.2, 0) is 6.54 Å². The van der Waals surface area contributed by atoms with E-state index in [1.165, 1.54) is 0 Å². The summed E-state index contributed by atoms with van der Waals surface area (Å²) >= 11 is 0. The van der Waals surface area contributed by atoms with E-state index < -0.39 is 0 Å². The molecule has 0 aliphatic rings. The van der Waals surface area contributed by atoms with Gasteiger partial charge in [0.15, 0.2) is 0 Å². The number of likely N-dealkylation sites (N-methyl/N-ethyl adjacent to an activating group) is 1. The molecule has 0 bridgehead atoms. The van der Waals surface area contributed by atoms with Crippen molar-refractivity contribution in [1.29, 1.82) is 0 Å². The number of furan rings is 1. The zero-order chi connectivity index (χ0) is 9.68. The van der Waals surface area contributed by atoms with Crippen molar-refractivity contribution in [2.24, 2.45) is 0 Å². The minimum atomic E-state index is 0.551. The SMILES string of the molecule is CC(CNCc1ccco1)N(C)C. The number of rotatable bonds is 5. The van der Waals surface area contributed by atoms with Crippen LogP contribution in [-0.4, -0.2) is 31.6 Å². The second kappa shape index (κ2) is 5.04. The van der Waals surface area contributed by atoms with Gasteiger partial charge in [0.05, 0.1) is 12.8 Å². The summed E-state index contributed by atoms with van der Waals surface area (Å²) in [4.78, 5) is 2.19. The maximum atomic E-state index is 5.20. The summed E-state index contributed by atoms with van der Waals surface area (Å²) in [6.07, 6.45) is 1.70. The molecule has 0 radical (unpaired) electrons. The van der Waals surface area contributed by atoms with E-state index in [-0.39, 0.29) is 0 Å². The van der Waals surface area contributed by atoms with Gasteiger partial charge in [-0.1, -0.05) is 0 Å². The summed E-state index contributed by atoms with van der Waals surface area (Å²) in [5, 5.41) is 3.33. The first-order chi connectivity index (χ1) is 6.20. The minimum absolute atomic E-state index is 0.551. The Labute approximate surface area is 79.7 Å². The summed E-state index contributed by atoms with van der Waals surface area (Å²) in [5.41, 5.74) is 0. The van der Waals surface area contributed by atoms with Crippen molar-refractivity contribution >= 4 is 0 Å². The van der Waals surface area contributed by atoms with Crippen LogP contribution in [0.15, 0.2) is 22.8 Å². The standard InChI is InChI=1S/C10H18N2O/c1-9(12(2)3)7-11-8-10-5-4-6-13-10/h4-6,9,11H,7-8H2,1-3H3. The largest absolute Gasteiger partial charge is 0.468 e. The van der Waals surface area contributed by atoms with E-state index in [0.717, 1.165) is 18.8 Å². The van der Waals surface area contributed by atoms with Gasteiger partial charge in [0.2, 0.25) is 0 Å². The molecule has 0 aromatic carbocycles. The van der Waals surface area contributed by atoms with E-state index in [0.29, 0.717) is 6.04 Å². The van der Waals surface area contributed by atoms with Crippen LogP contribution in [0.4, 0.5) is 0 Å². The molecule has 0 saturated heterocycles. The Morgan fingerprint density at radius 3 is 2.85 bits per heavy atom. The van der Waals surface area contributed by atoms with E-state index in [9.17, 15) is 0 Å². The van der Waals surface area contributed by atoms with Crippen LogP contribution in [0.1, 0.15) is 12.7 Å². The van der Waals surface area contributed by atoms with Gasteiger partial charge in [-0.05, 0) is 33.2 Å². The van der Waals surface area contributed by atoms with E-state index >= 15 is 0 Å². The van der Waals surface area contributed by atoms with Crippen molar-refractivity contribution in [3.05, 3.63) is 24.2 Å². The van der Waals surface area contributed by atoms with Crippen molar-refractivity contribution in [3.63, 3.8) is 0 Å². The molecule has 0 fully saturated rings. The molecule has 3 nitrogen and oxygen atoms in total. The Kier molecular flexibility index (Phi) is 3.99. The van der Waals surface area contributed by atoms with Crippen LogP contribution < -0.4 is 5.32 Å². The van der Waals surface area contributed by atoms with E-state index in [1.54, 1.807) is 6.26 Å². The van der Waals surface area contributed by atoms with Crippen LogP contribution >= 0.6 is 0 Å². The maximum Gasteiger partial charge on any atom is 0.117 e. The molecule has 0 aliphatic heterocycles. The molecule has 3 heteroatoms. The molecular formula is C10H18N2O. The van der Waals surface area contributed by atoms with Gasteiger partial charge in [-0.2, -0.15) is 0 Å². The molecule has 1 N–H and O–H groups in total. The number of nitrogens with zero attached hydrogens (tertiary/aromatic N) is 1. The first kappa shape index (κ1) is 10.3. The highest BCUT2D eigenvalue weighted by atomic mass is 16.3. The smallest absolute Gasteiger partial charge is 0.117 e. The first-order valence-electron chi connectivity index (χ1n) is 4.59. The molecule has 13 heavy (non-hydrogen) atoms. The van der Waals surface area contributed by atoms with E-state index in [1.807, 2.05) is 12.1 Å². The fourth-order valence-corrected chi connectivity index (χ4v) is 1.000. The van der Waals surface area contributed by atoms with Gasteiger partial charge in [-0.3, -0.25) is 0 Å². The fourth-order valence-electron chi connectivity index (χ4n) is 1.000. The van der Waals surface area contributed by atoms with Crippen molar-refractivity contribution in [2.45, 2.75) is 19.5 Å². The summed E-state index contributed by atoms with van der Waals surface area (Å²) < 4.78 is 5.20. The first-order valence-corrected chi connectivity index (χ1v) is 4.59. The summed E-state index contributed by atoms with van der Waals surface area (Å²) in [6, 6.07) is 4.44. The average molecular weight is 182 g/mol. The number of hydrogen-bond acceptors (Lipinski definition) is 3. The second-order valence-corrected chi connectivity index (χ2v) is 3.52. The molecule has 0 spiro atoms. The van der Waals surface area contributed by atoms with Gasteiger partial charge < -0.3 is 14.6 Å². The molecular weight excluding hydrogens is 164 g/mol. The molecule has 1 aromatic rings. The van der Waals surface area contributed by atoms with Gasteiger partial charge in [-0.25, -0.2) is 0 Å². The normalized spacial score (nSPS) is 13.5. The Balaban J connectivity index is 2.14. The monoisotopic (exact) mass is 182 g/mol. The molecule has 74 valence electrons. The lowest BCUT2D eigenvalue weighted by atomic mass is 10.3. The molecule has 1 rings (SSSR count). The zero-order valence-electron chi connectivity index (χ0n) is 8.58. The highest BCUT2D eigenvalue weighted by Gasteiger charge is 2.03. The van der Waals surface area contributed by atoms with Gasteiger partial charge in [0.1, 0.15) is 5.76 Å². The molecule has 1 heterocycles. The van der Waals surface area contributed by atoms with Gasteiger partial charge in [0, 0.05) is 12.6 Å². The van der Waals surface area contributed by atoms with Crippen LogP contribution in [0.2, 0.25) is 0 Å². The summed E-state index contributed by atoms with van der Waals surface area (Å²) in [6.45, 7) is 3.98. The third-order valence-corrected chi connectivity index (χ3v) is 2.20. The van der Waals surface area contributed by atoms with Gasteiger partial charge in [0.25, 0.3) is 0 Å². The van der Waals surface area contributed by atoms with Crippen LogP contribution in [0.5, 0.6) is 0 Å². The third kappa shape index (κ3) is 3.61. The van der Waals surface area contributed by atoms with E-state index in [4.69, 9.17) is 4.42 Å². The lowest BCUT2D eigenvalue weighted by Gasteiger charge is -2.19. The lowest BCUT2D eigenvalue weighted by Crippen LogP contribution is -2.35. The van der Waals surface area contributed by atoms with Crippen LogP contribution in [0.3, 0.4) is 0 Å². The minimum Gasteiger partial charge on any atom is -0.468 e. The van der Waals surface area contributed by atoms with Gasteiger partial charge in [-0.15, -0.1) is 0 Å². The van der Waals surface area contributed by atoms with Gasteiger partial charge >= 0.3 is 0 Å². The van der Waals surface area contributed by atoms with Crippen molar-refractivity contribution in [2.75, 3.05) is 20.6 Å². The quantitative estimate of drug-likeness (QED) is 0.744. The highest BCUT2D eigenvalue weighted by Crippen LogP contribution is 1.98. The van der Waals surface area contributed by atoms with Crippen LogP contribution in [0.25, 0.3) is 0 Å². The fraction of sp³-hybridized carbons (Fsp3) is 0.600. The molecule has 1 unspecified atom stereocenters. The third-order valence-electron chi connectivity index (χ3n) is 2.20. The summed E-state index contributed by atoms with van der Waals surface area (Å²) in [7, 11) is 4.17. The topological polar surface area (TPSA) is 28.4 Å². The van der Waals surface area contributed by atoms with Crippen molar-refractivity contribution in [1.82, 2.24) is 10.2 Å². The lowest BCUT2D eigenvalue weighted by molar-refractivity contribution is 0.299. The zero-order valence-corrected chi connectivity index (χ0v) is 8.58. The number of hydrogen-bond donors (Lipinski definition) is 1. The Hall–Kier alpha value is -0.800. The Morgan fingerprint density at radius 1 is 1.54 bits per heavy atom. The Morgan fingerprint density at radius 2 is 2.31 bits per heavy atom. The predicted molar refractivity (Wildman–Crippen MR) is 53.6 cm³/mol. The highest BCUT2D eigenvalue weighted by molar-refractivity contribution is 4.97. The number of nitrogens with one attached hydrogen (secondary N) is 1. The molecule has 1 atom stereocenters. The molecule has 1 aromatic heterocycles. The predicted octanol–water partition coefficient (Wildman–Crippen LogP) is 1.32. The molecule has 0 aliphatic carbocycles.